The van der Waals surface area contributed by atoms with Crippen LogP contribution in [0.2, 0.25) is 5.28 Å². The van der Waals surface area contributed by atoms with Gasteiger partial charge < -0.3 is 9.64 Å². The zero-order chi connectivity index (χ0) is 14.4. The van der Waals surface area contributed by atoms with Crippen LogP contribution in [0.15, 0.2) is 6.07 Å². The molecule has 0 N–H and O–H groups in total. The van der Waals surface area contributed by atoms with Crippen LogP contribution in [0.3, 0.4) is 0 Å². The van der Waals surface area contributed by atoms with Crippen LogP contribution < -0.4 is 4.90 Å². The lowest BCUT2D eigenvalue weighted by atomic mass is 10.1. The summed E-state index contributed by atoms with van der Waals surface area (Å²) >= 11 is 7.89. The van der Waals surface area contributed by atoms with Gasteiger partial charge in [0.2, 0.25) is 5.28 Å². The molecule has 1 aliphatic heterocycles. The molecule has 2 aliphatic rings. The van der Waals surface area contributed by atoms with Gasteiger partial charge in [-0.1, -0.05) is 6.92 Å². The fourth-order valence-corrected chi connectivity index (χ4v) is 4.69. The molecule has 4 rings (SSSR count). The second-order valence-corrected chi connectivity index (χ2v) is 7.16. The van der Waals surface area contributed by atoms with Crippen molar-refractivity contribution in [2.45, 2.75) is 44.8 Å². The number of ether oxygens (including phenoxy) is 1. The molecule has 2 aromatic rings. The van der Waals surface area contributed by atoms with Gasteiger partial charge >= 0.3 is 0 Å². The Balaban J connectivity index is 1.82. The van der Waals surface area contributed by atoms with Crippen molar-refractivity contribution in [2.24, 2.45) is 0 Å². The highest BCUT2D eigenvalue weighted by atomic mass is 35.5. The Labute approximate surface area is 133 Å². The maximum atomic E-state index is 6.16. The Morgan fingerprint density at radius 3 is 3.19 bits per heavy atom. The van der Waals surface area contributed by atoms with Crippen molar-refractivity contribution in [2.75, 3.05) is 18.1 Å². The van der Waals surface area contributed by atoms with Crippen molar-refractivity contribution < 1.29 is 4.74 Å². The second-order valence-electron chi connectivity index (χ2n) is 5.70. The summed E-state index contributed by atoms with van der Waals surface area (Å²) in [7, 11) is 0. The quantitative estimate of drug-likeness (QED) is 0.790. The van der Waals surface area contributed by atoms with E-state index in [9.17, 15) is 0 Å². The predicted octanol–water partition coefficient (Wildman–Crippen LogP) is 3.66. The Morgan fingerprint density at radius 2 is 2.33 bits per heavy atom. The number of nitrogens with zero attached hydrogens (tertiary/aromatic N) is 3. The fourth-order valence-electron chi connectivity index (χ4n) is 3.51. The average molecular weight is 324 g/mol. The lowest BCUT2D eigenvalue weighted by Gasteiger charge is -2.38. The molecule has 21 heavy (non-hydrogen) atoms. The van der Waals surface area contributed by atoms with Gasteiger partial charge in [-0.15, -0.1) is 11.3 Å². The number of thiophene rings is 1. The molecule has 112 valence electrons. The molecule has 1 saturated heterocycles. The van der Waals surface area contributed by atoms with Crippen molar-refractivity contribution >= 4 is 39.0 Å². The Morgan fingerprint density at radius 1 is 1.43 bits per heavy atom. The van der Waals surface area contributed by atoms with Gasteiger partial charge in [-0.05, 0) is 43.4 Å². The molecule has 0 spiro atoms. The first-order valence-corrected chi connectivity index (χ1v) is 8.80. The van der Waals surface area contributed by atoms with E-state index >= 15 is 0 Å². The Bertz CT molecular complexity index is 674. The molecule has 2 atom stereocenters. The number of rotatable bonds is 2. The van der Waals surface area contributed by atoms with E-state index in [0.29, 0.717) is 17.4 Å². The van der Waals surface area contributed by atoms with Gasteiger partial charge in [-0.2, -0.15) is 4.98 Å². The van der Waals surface area contributed by atoms with E-state index in [1.54, 1.807) is 11.3 Å². The van der Waals surface area contributed by atoms with Crippen molar-refractivity contribution in [3.63, 3.8) is 0 Å². The lowest BCUT2D eigenvalue weighted by molar-refractivity contribution is 0.0254. The fraction of sp³-hybridized carbons (Fsp3) is 0.600. The zero-order valence-electron chi connectivity index (χ0n) is 12.0. The molecule has 2 unspecified atom stereocenters. The first-order valence-electron chi connectivity index (χ1n) is 7.60. The van der Waals surface area contributed by atoms with E-state index in [0.717, 1.165) is 42.0 Å². The van der Waals surface area contributed by atoms with Crippen LogP contribution in [0.1, 0.15) is 31.1 Å². The number of hydrogen-bond acceptors (Lipinski definition) is 5. The number of fused-ring (bicyclic) bond motifs is 2. The average Bonchev–Trinajstić information content (AvgIpc) is 3.11. The number of aromatic nitrogens is 2. The molecule has 2 aromatic heterocycles. The van der Waals surface area contributed by atoms with Gasteiger partial charge in [0.25, 0.3) is 0 Å². The summed E-state index contributed by atoms with van der Waals surface area (Å²) in [4.78, 5) is 13.7. The number of morpholine rings is 1. The first kappa shape index (κ1) is 13.7. The zero-order valence-corrected chi connectivity index (χ0v) is 13.6. The van der Waals surface area contributed by atoms with Gasteiger partial charge in [0, 0.05) is 11.4 Å². The number of halogens is 1. The van der Waals surface area contributed by atoms with Gasteiger partial charge in [-0.3, -0.25) is 0 Å². The molecular weight excluding hydrogens is 306 g/mol. The molecule has 1 saturated carbocycles. The largest absolute Gasteiger partial charge is 0.374 e. The van der Waals surface area contributed by atoms with Crippen LogP contribution in [-0.2, 0) is 11.2 Å². The summed E-state index contributed by atoms with van der Waals surface area (Å²) in [5, 5.41) is 1.50. The maximum absolute atomic E-state index is 6.16. The van der Waals surface area contributed by atoms with Crippen LogP contribution in [0, 0.1) is 0 Å². The predicted molar refractivity (Wildman–Crippen MR) is 86.5 cm³/mol. The van der Waals surface area contributed by atoms with E-state index in [-0.39, 0.29) is 0 Å². The third kappa shape index (κ3) is 2.31. The van der Waals surface area contributed by atoms with Gasteiger partial charge in [-0.25, -0.2) is 4.98 Å². The van der Waals surface area contributed by atoms with E-state index in [1.807, 2.05) is 0 Å². The van der Waals surface area contributed by atoms with Gasteiger partial charge in [0.05, 0.1) is 24.1 Å². The van der Waals surface area contributed by atoms with Crippen molar-refractivity contribution in [3.8, 4) is 0 Å². The minimum atomic E-state index is 0.350. The van der Waals surface area contributed by atoms with Crippen LogP contribution in [0.5, 0.6) is 0 Å². The molecular formula is C15H18ClN3OS. The molecule has 0 bridgehead atoms. The standard InChI is InChI=1S/C15H18ClN3OS/c1-2-9-8-10-13(17-15(16)18-14(10)21-9)19-6-7-20-12-5-3-4-11(12)19/h8,11-12H,2-7H2,1H3. The third-order valence-electron chi connectivity index (χ3n) is 4.50. The minimum absolute atomic E-state index is 0.350. The highest BCUT2D eigenvalue weighted by Crippen LogP contribution is 2.38. The van der Waals surface area contributed by atoms with Crippen LogP contribution in [0.25, 0.3) is 10.2 Å². The lowest BCUT2D eigenvalue weighted by Crippen LogP contribution is -2.49. The third-order valence-corrected chi connectivity index (χ3v) is 5.84. The second kappa shape index (κ2) is 5.38. The summed E-state index contributed by atoms with van der Waals surface area (Å²) in [5.41, 5.74) is 0. The van der Waals surface area contributed by atoms with Crippen LogP contribution in [-0.4, -0.2) is 35.3 Å². The molecule has 0 aromatic carbocycles. The summed E-state index contributed by atoms with van der Waals surface area (Å²) in [5.74, 6) is 1.00. The van der Waals surface area contributed by atoms with E-state index in [1.165, 1.54) is 17.7 Å². The van der Waals surface area contributed by atoms with E-state index in [2.05, 4.69) is 27.9 Å². The topological polar surface area (TPSA) is 38.2 Å². The summed E-state index contributed by atoms with van der Waals surface area (Å²) in [6.07, 6.45) is 4.95. The Hall–Kier alpha value is -0.910. The van der Waals surface area contributed by atoms with Crippen molar-refractivity contribution in [3.05, 3.63) is 16.2 Å². The minimum Gasteiger partial charge on any atom is -0.374 e. The monoisotopic (exact) mass is 323 g/mol. The van der Waals surface area contributed by atoms with E-state index in [4.69, 9.17) is 16.3 Å². The number of anilines is 1. The first-order chi connectivity index (χ1) is 10.3. The Kier molecular flexibility index (Phi) is 3.52. The van der Waals surface area contributed by atoms with Gasteiger partial charge in [0.15, 0.2) is 0 Å². The maximum Gasteiger partial charge on any atom is 0.225 e. The normalized spacial score (nSPS) is 25.5. The van der Waals surface area contributed by atoms with Crippen molar-refractivity contribution in [1.29, 1.82) is 0 Å². The molecule has 2 fully saturated rings. The van der Waals surface area contributed by atoms with Crippen LogP contribution >= 0.6 is 22.9 Å². The molecule has 4 nitrogen and oxygen atoms in total. The van der Waals surface area contributed by atoms with Crippen molar-refractivity contribution in [1.82, 2.24) is 9.97 Å². The summed E-state index contributed by atoms with van der Waals surface area (Å²) in [6.45, 7) is 3.83. The smallest absolute Gasteiger partial charge is 0.225 e. The molecule has 1 aliphatic carbocycles. The highest BCUT2D eigenvalue weighted by molar-refractivity contribution is 7.18. The molecule has 3 heterocycles. The highest BCUT2D eigenvalue weighted by Gasteiger charge is 2.37. The molecule has 6 heteroatoms. The van der Waals surface area contributed by atoms with Gasteiger partial charge in [0.1, 0.15) is 10.6 Å². The number of aryl methyl sites for hydroxylation is 1. The number of hydrogen-bond donors (Lipinski definition) is 0. The summed E-state index contributed by atoms with van der Waals surface area (Å²) in [6, 6.07) is 2.67. The summed E-state index contributed by atoms with van der Waals surface area (Å²) < 4.78 is 5.91. The molecule has 0 amide bonds. The van der Waals surface area contributed by atoms with Crippen LogP contribution in [0.4, 0.5) is 5.82 Å². The van der Waals surface area contributed by atoms with E-state index < -0.39 is 0 Å². The molecule has 0 radical (unpaired) electrons. The SMILES string of the molecule is CCc1cc2c(N3CCOC4CCCC43)nc(Cl)nc2s1.